The minimum atomic E-state index is 0.808. The minimum absolute atomic E-state index is 0.808. The van der Waals surface area contributed by atoms with Crippen molar-refractivity contribution in [1.29, 1.82) is 0 Å². The van der Waals surface area contributed by atoms with Gasteiger partial charge in [0.15, 0.2) is 12.2 Å². The molecule has 0 spiro atoms. The molecule has 0 amide bonds. The number of ether oxygens (including phenoxy) is 1. The van der Waals surface area contributed by atoms with Crippen molar-refractivity contribution in [1.82, 2.24) is 0 Å². The summed E-state index contributed by atoms with van der Waals surface area (Å²) in [6.45, 7) is 8.93. The third-order valence-corrected chi connectivity index (χ3v) is 2.99. The van der Waals surface area contributed by atoms with E-state index in [1.165, 1.54) is 10.6 Å². The minimum Gasteiger partial charge on any atom is -0.375 e. The van der Waals surface area contributed by atoms with Crippen molar-refractivity contribution in [2.45, 2.75) is 27.3 Å². The molecule has 0 atom stereocenters. The molecule has 0 saturated carbocycles. The maximum atomic E-state index is 5.29. The molecule has 0 saturated heterocycles. The number of aromatic nitrogens is 1. The van der Waals surface area contributed by atoms with E-state index in [0.717, 1.165) is 19.8 Å². The molecule has 0 fully saturated rings. The zero-order valence-corrected chi connectivity index (χ0v) is 8.78. The van der Waals surface area contributed by atoms with Gasteiger partial charge in [-0.1, -0.05) is 11.3 Å². The van der Waals surface area contributed by atoms with E-state index in [9.17, 15) is 0 Å². The summed E-state index contributed by atoms with van der Waals surface area (Å²) in [6, 6.07) is 0. The molecular weight excluding hydrogens is 170 g/mol. The quantitative estimate of drug-likeness (QED) is 0.515. The van der Waals surface area contributed by atoms with Crippen LogP contribution in [-0.2, 0) is 11.3 Å². The fraction of sp³-hybridized carbons (Fsp3) is 0.667. The topological polar surface area (TPSA) is 13.1 Å². The lowest BCUT2D eigenvalue weighted by molar-refractivity contribution is -0.699. The van der Waals surface area contributed by atoms with Crippen molar-refractivity contribution in [3.63, 3.8) is 0 Å². The Morgan fingerprint density at radius 2 is 2.25 bits per heavy atom. The molecule has 0 aromatic carbocycles. The first-order valence-corrected chi connectivity index (χ1v) is 5.15. The van der Waals surface area contributed by atoms with Gasteiger partial charge < -0.3 is 4.74 Å². The normalized spacial score (nSPS) is 10.6. The summed E-state index contributed by atoms with van der Waals surface area (Å²) < 4.78 is 7.53. The van der Waals surface area contributed by atoms with Crippen molar-refractivity contribution >= 4 is 11.3 Å². The molecule has 1 aromatic rings. The van der Waals surface area contributed by atoms with Crippen molar-refractivity contribution < 1.29 is 9.30 Å². The van der Waals surface area contributed by atoms with Gasteiger partial charge in [0.25, 0.3) is 0 Å². The Morgan fingerprint density at radius 3 is 2.75 bits per heavy atom. The highest BCUT2D eigenvalue weighted by atomic mass is 32.1. The molecule has 0 unspecified atom stereocenters. The second kappa shape index (κ2) is 4.58. The maximum absolute atomic E-state index is 5.29. The third kappa shape index (κ3) is 2.29. The predicted molar refractivity (Wildman–Crippen MR) is 50.5 cm³/mol. The highest BCUT2D eigenvalue weighted by Crippen LogP contribution is 2.07. The van der Waals surface area contributed by atoms with Crippen LogP contribution in [0.2, 0.25) is 0 Å². The Kier molecular flexibility index (Phi) is 3.69. The molecule has 0 aliphatic rings. The SMILES string of the molecule is CCOCC[n+]1csc(C)c1C. The van der Waals surface area contributed by atoms with Gasteiger partial charge in [-0.15, -0.1) is 0 Å². The Balaban J connectivity index is 2.46. The first-order valence-electron chi connectivity index (χ1n) is 4.27. The van der Waals surface area contributed by atoms with E-state index >= 15 is 0 Å². The van der Waals surface area contributed by atoms with Crippen LogP contribution in [0.5, 0.6) is 0 Å². The summed E-state index contributed by atoms with van der Waals surface area (Å²) in [5.74, 6) is 0. The van der Waals surface area contributed by atoms with Crippen molar-refractivity contribution in [3.05, 3.63) is 16.1 Å². The molecular formula is C9H16NOS+. The second-order valence-corrected chi connectivity index (χ2v) is 3.81. The summed E-state index contributed by atoms with van der Waals surface area (Å²) in [5, 5.41) is 0. The van der Waals surface area contributed by atoms with Crippen molar-refractivity contribution in [3.8, 4) is 0 Å². The lowest BCUT2D eigenvalue weighted by Gasteiger charge is -1.96. The molecule has 1 rings (SSSR count). The molecule has 12 heavy (non-hydrogen) atoms. The monoisotopic (exact) mass is 186 g/mol. The van der Waals surface area contributed by atoms with Crippen LogP contribution < -0.4 is 4.57 Å². The summed E-state index contributed by atoms with van der Waals surface area (Å²) in [4.78, 5) is 1.39. The van der Waals surface area contributed by atoms with Gasteiger partial charge in [-0.3, -0.25) is 0 Å². The van der Waals surface area contributed by atoms with E-state index in [2.05, 4.69) is 23.9 Å². The number of hydrogen-bond donors (Lipinski definition) is 0. The maximum Gasteiger partial charge on any atom is 0.225 e. The van der Waals surface area contributed by atoms with Crippen molar-refractivity contribution in [2.24, 2.45) is 0 Å². The zero-order chi connectivity index (χ0) is 8.97. The predicted octanol–water partition coefficient (Wildman–Crippen LogP) is 1.69. The van der Waals surface area contributed by atoms with Crippen LogP contribution in [-0.4, -0.2) is 13.2 Å². The Hall–Kier alpha value is -0.410. The summed E-state index contributed by atoms with van der Waals surface area (Å²) >= 11 is 1.80. The van der Waals surface area contributed by atoms with Crippen LogP contribution in [0.25, 0.3) is 0 Å². The van der Waals surface area contributed by atoms with Crippen molar-refractivity contribution in [2.75, 3.05) is 13.2 Å². The van der Waals surface area contributed by atoms with E-state index in [1.54, 1.807) is 11.3 Å². The number of hydrogen-bond acceptors (Lipinski definition) is 2. The molecule has 1 heterocycles. The smallest absolute Gasteiger partial charge is 0.225 e. The number of rotatable bonds is 4. The molecule has 0 N–H and O–H groups in total. The van der Waals surface area contributed by atoms with Gasteiger partial charge in [0.2, 0.25) is 5.51 Å². The second-order valence-electron chi connectivity index (χ2n) is 2.76. The molecule has 0 aliphatic carbocycles. The Bertz CT molecular complexity index is 245. The Morgan fingerprint density at radius 1 is 1.50 bits per heavy atom. The molecule has 0 radical (unpaired) electrons. The van der Waals surface area contributed by atoms with Crippen LogP contribution in [0.4, 0.5) is 0 Å². The molecule has 3 heteroatoms. The highest BCUT2D eigenvalue weighted by Gasteiger charge is 2.10. The molecule has 1 aromatic heterocycles. The average Bonchev–Trinajstić information content (AvgIpc) is 2.36. The van der Waals surface area contributed by atoms with Crippen LogP contribution >= 0.6 is 11.3 Å². The van der Waals surface area contributed by atoms with Gasteiger partial charge >= 0.3 is 0 Å². The lowest BCUT2D eigenvalue weighted by Crippen LogP contribution is -2.36. The Labute approximate surface area is 77.8 Å². The largest absolute Gasteiger partial charge is 0.375 e. The van der Waals surface area contributed by atoms with Gasteiger partial charge in [-0.25, -0.2) is 0 Å². The first kappa shape index (κ1) is 9.68. The van der Waals surface area contributed by atoms with E-state index in [1.807, 2.05) is 6.92 Å². The van der Waals surface area contributed by atoms with E-state index in [4.69, 9.17) is 4.74 Å². The number of nitrogens with zero attached hydrogens (tertiary/aromatic N) is 1. The van der Waals surface area contributed by atoms with E-state index in [-0.39, 0.29) is 0 Å². The van der Waals surface area contributed by atoms with E-state index in [0.29, 0.717) is 0 Å². The van der Waals surface area contributed by atoms with Gasteiger partial charge in [-0.2, -0.15) is 4.57 Å². The first-order chi connectivity index (χ1) is 5.75. The van der Waals surface area contributed by atoms with Crippen LogP contribution in [0.1, 0.15) is 17.5 Å². The lowest BCUT2D eigenvalue weighted by atomic mass is 10.4. The molecule has 0 bridgehead atoms. The molecule has 2 nitrogen and oxygen atoms in total. The average molecular weight is 186 g/mol. The number of thiazole rings is 1. The fourth-order valence-corrected chi connectivity index (χ4v) is 1.87. The van der Waals surface area contributed by atoms with Crippen LogP contribution in [0.3, 0.4) is 0 Å². The summed E-state index contributed by atoms with van der Waals surface area (Å²) in [7, 11) is 0. The fourth-order valence-electron chi connectivity index (χ4n) is 1.04. The van der Waals surface area contributed by atoms with Crippen LogP contribution in [0.15, 0.2) is 5.51 Å². The number of aryl methyl sites for hydroxylation is 1. The van der Waals surface area contributed by atoms with E-state index < -0.39 is 0 Å². The van der Waals surface area contributed by atoms with Crippen LogP contribution in [0, 0.1) is 13.8 Å². The highest BCUT2D eigenvalue weighted by molar-refractivity contribution is 7.09. The zero-order valence-electron chi connectivity index (χ0n) is 7.96. The molecule has 68 valence electrons. The van der Waals surface area contributed by atoms with Gasteiger partial charge in [0.1, 0.15) is 6.61 Å². The molecule has 0 aliphatic heterocycles. The standard InChI is InChI=1S/C9H16NOS/c1-4-11-6-5-10-7-12-9(3)8(10)2/h7H,4-6H2,1-3H3/q+1. The van der Waals surface area contributed by atoms with Gasteiger partial charge in [0, 0.05) is 13.5 Å². The summed E-state index contributed by atoms with van der Waals surface area (Å²) in [6.07, 6.45) is 0. The van der Waals surface area contributed by atoms with Gasteiger partial charge in [-0.05, 0) is 13.8 Å². The summed E-state index contributed by atoms with van der Waals surface area (Å²) in [5.41, 5.74) is 3.52. The van der Waals surface area contributed by atoms with Gasteiger partial charge in [0.05, 0.1) is 4.88 Å². The third-order valence-electron chi connectivity index (χ3n) is 1.98.